The van der Waals surface area contributed by atoms with Crippen molar-refractivity contribution in [3.05, 3.63) is 60.0 Å². The summed E-state index contributed by atoms with van der Waals surface area (Å²) in [5.74, 6) is 0.296. The zero-order valence-electron chi connectivity index (χ0n) is 21.7. The molecular formula is C29H38N4O3. The first-order valence-electron chi connectivity index (χ1n) is 13.3. The van der Waals surface area contributed by atoms with E-state index in [2.05, 4.69) is 48.5 Å². The smallest absolute Gasteiger partial charge is 0.271 e. The molecular weight excluding hydrogens is 452 g/mol. The predicted molar refractivity (Wildman–Crippen MR) is 141 cm³/mol. The molecule has 2 aliphatic rings. The number of furan rings is 1. The van der Waals surface area contributed by atoms with Crippen LogP contribution in [0.1, 0.15) is 62.0 Å². The summed E-state index contributed by atoms with van der Waals surface area (Å²) in [6.07, 6.45) is 6.92. The van der Waals surface area contributed by atoms with Gasteiger partial charge >= 0.3 is 0 Å². The SMILES string of the molecule is CC1CCCCC1NC(=O)C1(C)Cn2c(cc3occc32)C(=O)N1CCCN(C)Cc1ccccc1. The molecule has 2 amide bonds. The zero-order valence-corrected chi connectivity index (χ0v) is 21.7. The van der Waals surface area contributed by atoms with E-state index in [-0.39, 0.29) is 17.9 Å². The third kappa shape index (κ3) is 4.69. The van der Waals surface area contributed by atoms with Crippen LogP contribution in [0, 0.1) is 5.92 Å². The molecule has 1 aliphatic heterocycles. The maximum absolute atomic E-state index is 13.9. The van der Waals surface area contributed by atoms with Gasteiger partial charge in [-0.3, -0.25) is 9.59 Å². The summed E-state index contributed by atoms with van der Waals surface area (Å²) in [7, 11) is 2.10. The van der Waals surface area contributed by atoms with Crippen LogP contribution >= 0.6 is 0 Å². The molecule has 3 heterocycles. The first-order chi connectivity index (χ1) is 17.4. The lowest BCUT2D eigenvalue weighted by atomic mass is 9.85. The lowest BCUT2D eigenvalue weighted by Crippen LogP contribution is -2.65. The highest BCUT2D eigenvalue weighted by Gasteiger charge is 2.48. The number of hydrogen-bond acceptors (Lipinski definition) is 4. The fourth-order valence-electron chi connectivity index (χ4n) is 5.95. The number of carbonyl (C=O) groups excluding carboxylic acids is 2. The number of benzene rings is 1. The quantitative estimate of drug-likeness (QED) is 0.498. The Morgan fingerprint density at radius 1 is 1.19 bits per heavy atom. The van der Waals surface area contributed by atoms with Gasteiger partial charge in [0, 0.05) is 31.3 Å². The summed E-state index contributed by atoms with van der Waals surface area (Å²) >= 11 is 0. The summed E-state index contributed by atoms with van der Waals surface area (Å²) in [6.45, 7) is 6.78. The van der Waals surface area contributed by atoms with Crippen molar-refractivity contribution in [1.82, 2.24) is 19.7 Å². The van der Waals surface area contributed by atoms with E-state index < -0.39 is 5.54 Å². The van der Waals surface area contributed by atoms with E-state index in [1.165, 1.54) is 12.0 Å². The molecule has 36 heavy (non-hydrogen) atoms. The second-order valence-corrected chi connectivity index (χ2v) is 10.9. The Bertz CT molecular complexity index is 1220. The highest BCUT2D eigenvalue weighted by atomic mass is 16.3. The lowest BCUT2D eigenvalue weighted by molar-refractivity contribution is -0.134. The molecule has 7 heteroatoms. The number of nitrogens with zero attached hydrogens (tertiary/aromatic N) is 3. The lowest BCUT2D eigenvalue weighted by Gasteiger charge is -2.45. The van der Waals surface area contributed by atoms with Crippen LogP contribution in [0.15, 0.2) is 53.1 Å². The summed E-state index contributed by atoms with van der Waals surface area (Å²) in [5.41, 5.74) is 2.44. The minimum Gasteiger partial charge on any atom is -0.463 e. The van der Waals surface area contributed by atoms with Gasteiger partial charge in [-0.15, -0.1) is 0 Å². The van der Waals surface area contributed by atoms with E-state index in [0.29, 0.717) is 30.3 Å². The van der Waals surface area contributed by atoms with Crippen LogP contribution in [0.3, 0.4) is 0 Å². The van der Waals surface area contributed by atoms with Crippen molar-refractivity contribution in [2.75, 3.05) is 20.1 Å². The summed E-state index contributed by atoms with van der Waals surface area (Å²) in [6, 6.07) is 14.2. The van der Waals surface area contributed by atoms with Crippen LogP contribution in [0.5, 0.6) is 0 Å². The third-order valence-corrected chi connectivity index (χ3v) is 8.18. The average Bonchev–Trinajstić information content (AvgIpc) is 3.46. The van der Waals surface area contributed by atoms with Crippen LogP contribution < -0.4 is 5.32 Å². The summed E-state index contributed by atoms with van der Waals surface area (Å²) in [5, 5.41) is 3.35. The van der Waals surface area contributed by atoms with Crippen LogP contribution in [-0.2, 0) is 17.9 Å². The number of rotatable bonds is 8. The largest absolute Gasteiger partial charge is 0.463 e. The van der Waals surface area contributed by atoms with E-state index in [0.717, 1.165) is 44.3 Å². The Balaban J connectivity index is 1.35. The topological polar surface area (TPSA) is 70.7 Å². The van der Waals surface area contributed by atoms with Gasteiger partial charge in [-0.25, -0.2) is 0 Å². The Hall–Kier alpha value is -3.06. The minimum atomic E-state index is -0.970. The zero-order chi connectivity index (χ0) is 25.3. The second kappa shape index (κ2) is 10.1. The Morgan fingerprint density at radius 2 is 1.97 bits per heavy atom. The molecule has 3 aromatic rings. The number of aromatic nitrogens is 1. The molecule has 1 N–H and O–H groups in total. The first kappa shape index (κ1) is 24.6. The maximum atomic E-state index is 13.9. The average molecular weight is 491 g/mol. The van der Waals surface area contributed by atoms with Gasteiger partial charge in [0.05, 0.1) is 18.3 Å². The minimum absolute atomic E-state index is 0.0526. The Labute approximate surface area is 213 Å². The molecule has 0 bridgehead atoms. The molecule has 0 spiro atoms. The number of carbonyl (C=O) groups is 2. The van der Waals surface area contributed by atoms with Crippen molar-refractivity contribution in [1.29, 1.82) is 0 Å². The second-order valence-electron chi connectivity index (χ2n) is 10.9. The van der Waals surface area contributed by atoms with Crippen LogP contribution in [-0.4, -0.2) is 57.9 Å². The molecule has 3 unspecified atom stereocenters. The van der Waals surface area contributed by atoms with E-state index in [4.69, 9.17) is 4.42 Å². The van der Waals surface area contributed by atoms with E-state index >= 15 is 0 Å². The first-order valence-corrected chi connectivity index (χ1v) is 13.3. The molecule has 1 aromatic carbocycles. The third-order valence-electron chi connectivity index (χ3n) is 8.18. The van der Waals surface area contributed by atoms with Crippen molar-refractivity contribution in [2.45, 2.75) is 70.6 Å². The molecule has 3 atom stereocenters. The van der Waals surface area contributed by atoms with E-state index in [1.54, 1.807) is 11.2 Å². The molecule has 1 fully saturated rings. The molecule has 192 valence electrons. The fraction of sp³-hybridized carbons (Fsp3) is 0.517. The fourth-order valence-corrected chi connectivity index (χ4v) is 5.95. The van der Waals surface area contributed by atoms with E-state index in [9.17, 15) is 9.59 Å². The number of hydrogen-bond donors (Lipinski definition) is 1. The van der Waals surface area contributed by atoms with Gasteiger partial charge < -0.3 is 24.1 Å². The van der Waals surface area contributed by atoms with Crippen molar-refractivity contribution >= 4 is 22.9 Å². The van der Waals surface area contributed by atoms with Gasteiger partial charge in [-0.1, -0.05) is 50.1 Å². The molecule has 1 saturated carbocycles. The van der Waals surface area contributed by atoms with Gasteiger partial charge in [-0.05, 0) is 51.3 Å². The maximum Gasteiger partial charge on any atom is 0.271 e. The van der Waals surface area contributed by atoms with Gasteiger partial charge in [0.15, 0.2) is 5.58 Å². The Kier molecular flexibility index (Phi) is 6.93. The Morgan fingerprint density at radius 3 is 2.75 bits per heavy atom. The van der Waals surface area contributed by atoms with Gasteiger partial charge in [0.25, 0.3) is 5.91 Å². The van der Waals surface area contributed by atoms with Crippen molar-refractivity contribution in [2.24, 2.45) is 5.92 Å². The molecule has 5 rings (SSSR count). The summed E-state index contributed by atoms with van der Waals surface area (Å²) < 4.78 is 7.55. The molecule has 1 aliphatic carbocycles. The van der Waals surface area contributed by atoms with Crippen LogP contribution in [0.2, 0.25) is 0 Å². The highest BCUT2D eigenvalue weighted by Crippen LogP contribution is 2.34. The van der Waals surface area contributed by atoms with Crippen LogP contribution in [0.4, 0.5) is 0 Å². The number of nitrogens with one attached hydrogen (secondary N) is 1. The van der Waals surface area contributed by atoms with Crippen molar-refractivity contribution < 1.29 is 14.0 Å². The van der Waals surface area contributed by atoms with Crippen molar-refractivity contribution in [3.63, 3.8) is 0 Å². The molecule has 0 saturated heterocycles. The predicted octanol–water partition coefficient (Wildman–Crippen LogP) is 4.67. The van der Waals surface area contributed by atoms with Gasteiger partial charge in [-0.2, -0.15) is 0 Å². The molecule has 7 nitrogen and oxygen atoms in total. The standard InChI is InChI=1S/C29H38N4O3/c1-21-10-7-8-13-23(21)30-28(35)29(2)20-32-24-14-17-36-26(24)18-25(32)27(34)33(29)16-9-15-31(3)19-22-11-5-4-6-12-22/h4-6,11-12,14,17-18,21,23H,7-10,13,15-16,19-20H2,1-3H3,(H,30,35). The monoisotopic (exact) mass is 490 g/mol. The highest BCUT2D eigenvalue weighted by molar-refractivity contribution is 6.02. The van der Waals surface area contributed by atoms with Crippen molar-refractivity contribution in [3.8, 4) is 0 Å². The van der Waals surface area contributed by atoms with Gasteiger partial charge in [0.2, 0.25) is 5.91 Å². The molecule has 2 aromatic heterocycles. The van der Waals surface area contributed by atoms with E-state index in [1.807, 2.05) is 29.7 Å². The molecule has 0 radical (unpaired) electrons. The normalized spacial score (nSPS) is 24.3. The van der Waals surface area contributed by atoms with Gasteiger partial charge in [0.1, 0.15) is 11.2 Å². The number of amides is 2. The van der Waals surface area contributed by atoms with Crippen LogP contribution in [0.25, 0.3) is 11.1 Å². The summed E-state index contributed by atoms with van der Waals surface area (Å²) in [4.78, 5) is 31.7. The number of fused-ring (bicyclic) bond motifs is 3.